The molecule has 0 saturated heterocycles. The third-order valence-corrected chi connectivity index (χ3v) is 4.26. The molecule has 0 saturated carbocycles. The maximum atomic E-state index is 11.5. The van der Waals surface area contributed by atoms with E-state index in [1.54, 1.807) is 24.4 Å². The lowest BCUT2D eigenvalue weighted by Gasteiger charge is -2.03. The number of aliphatic imine (C=N–C) groups is 1. The second-order valence-corrected chi connectivity index (χ2v) is 5.72. The van der Waals surface area contributed by atoms with Crippen LogP contribution in [0.5, 0.6) is 11.5 Å². The van der Waals surface area contributed by atoms with Crippen LogP contribution in [-0.2, 0) is 0 Å². The van der Waals surface area contributed by atoms with Crippen molar-refractivity contribution in [3.63, 3.8) is 0 Å². The first kappa shape index (κ1) is 15.1. The minimum Gasteiger partial charge on any atom is -0.504 e. The summed E-state index contributed by atoms with van der Waals surface area (Å²) in [4.78, 5) is 16.8. The SMILES string of the molecule is COc1ccc(/C=N/c2sc(C)c(C)c2C(N)=O)cc1O. The zero-order valence-electron chi connectivity index (χ0n) is 12.0. The van der Waals surface area contributed by atoms with E-state index in [-0.39, 0.29) is 5.75 Å². The molecule has 0 aliphatic carbocycles. The predicted molar refractivity (Wildman–Crippen MR) is 84.2 cm³/mol. The van der Waals surface area contributed by atoms with Crippen LogP contribution in [0.15, 0.2) is 23.2 Å². The second-order valence-electron chi connectivity index (χ2n) is 4.52. The maximum Gasteiger partial charge on any atom is 0.252 e. The van der Waals surface area contributed by atoms with Gasteiger partial charge in [0.2, 0.25) is 0 Å². The van der Waals surface area contributed by atoms with Gasteiger partial charge in [-0.1, -0.05) is 0 Å². The van der Waals surface area contributed by atoms with E-state index in [1.807, 2.05) is 13.8 Å². The monoisotopic (exact) mass is 304 g/mol. The number of nitrogens with zero attached hydrogens (tertiary/aromatic N) is 1. The molecule has 1 aromatic heterocycles. The number of amides is 1. The lowest BCUT2D eigenvalue weighted by molar-refractivity contribution is 0.100. The van der Waals surface area contributed by atoms with Crippen LogP contribution in [0.2, 0.25) is 0 Å². The van der Waals surface area contributed by atoms with Crippen LogP contribution in [0.1, 0.15) is 26.4 Å². The number of hydrogen-bond acceptors (Lipinski definition) is 5. The van der Waals surface area contributed by atoms with Gasteiger partial charge in [0.15, 0.2) is 11.5 Å². The lowest BCUT2D eigenvalue weighted by atomic mass is 10.1. The predicted octanol–water partition coefficient (Wildman–Crippen LogP) is 2.93. The number of thiophene rings is 1. The number of phenols is 1. The number of nitrogens with two attached hydrogens (primary N) is 1. The highest BCUT2D eigenvalue weighted by Gasteiger charge is 2.16. The minimum absolute atomic E-state index is 0.0371. The molecule has 2 rings (SSSR count). The fourth-order valence-corrected chi connectivity index (χ4v) is 2.92. The lowest BCUT2D eigenvalue weighted by Crippen LogP contribution is -2.11. The summed E-state index contributed by atoms with van der Waals surface area (Å²) in [5, 5.41) is 10.3. The third-order valence-electron chi connectivity index (χ3n) is 3.15. The van der Waals surface area contributed by atoms with Crippen molar-refractivity contribution < 1.29 is 14.6 Å². The van der Waals surface area contributed by atoms with Gasteiger partial charge in [-0.2, -0.15) is 0 Å². The quantitative estimate of drug-likeness (QED) is 0.852. The molecule has 6 heteroatoms. The van der Waals surface area contributed by atoms with Crippen molar-refractivity contribution in [1.82, 2.24) is 0 Å². The number of aromatic hydroxyl groups is 1. The first-order valence-corrected chi connectivity index (χ1v) is 7.06. The Kier molecular flexibility index (Phi) is 4.28. The topological polar surface area (TPSA) is 84.9 Å². The molecule has 0 aliphatic heterocycles. The van der Waals surface area contributed by atoms with Crippen molar-refractivity contribution in [2.75, 3.05) is 7.11 Å². The Morgan fingerprint density at radius 2 is 2.14 bits per heavy atom. The highest BCUT2D eigenvalue weighted by Crippen LogP contribution is 2.34. The van der Waals surface area contributed by atoms with Gasteiger partial charge in [-0.15, -0.1) is 11.3 Å². The summed E-state index contributed by atoms with van der Waals surface area (Å²) in [6, 6.07) is 4.95. The Balaban J connectivity index is 2.36. The number of rotatable bonds is 4. The van der Waals surface area contributed by atoms with Crippen molar-refractivity contribution in [3.8, 4) is 11.5 Å². The Bertz CT molecular complexity index is 720. The van der Waals surface area contributed by atoms with Gasteiger partial charge in [-0.25, -0.2) is 4.99 Å². The molecule has 1 heterocycles. The molecule has 0 bridgehead atoms. The number of aryl methyl sites for hydroxylation is 1. The van der Waals surface area contributed by atoms with Gasteiger partial charge in [0, 0.05) is 11.1 Å². The van der Waals surface area contributed by atoms with Gasteiger partial charge in [-0.3, -0.25) is 4.79 Å². The zero-order chi connectivity index (χ0) is 15.6. The molecule has 0 fully saturated rings. The van der Waals surface area contributed by atoms with Crippen molar-refractivity contribution in [1.29, 1.82) is 0 Å². The van der Waals surface area contributed by atoms with Crippen LogP contribution in [0.4, 0.5) is 5.00 Å². The smallest absolute Gasteiger partial charge is 0.252 e. The molecule has 1 amide bonds. The first-order chi connectivity index (χ1) is 9.93. The molecule has 0 spiro atoms. The molecule has 5 nitrogen and oxygen atoms in total. The van der Waals surface area contributed by atoms with Gasteiger partial charge in [0.1, 0.15) is 5.00 Å². The molecule has 0 atom stereocenters. The number of primary amides is 1. The molecule has 21 heavy (non-hydrogen) atoms. The van der Waals surface area contributed by atoms with Gasteiger partial charge >= 0.3 is 0 Å². The number of hydrogen-bond donors (Lipinski definition) is 2. The maximum absolute atomic E-state index is 11.5. The fourth-order valence-electron chi connectivity index (χ4n) is 1.91. The Morgan fingerprint density at radius 3 is 2.71 bits per heavy atom. The molecule has 1 aromatic carbocycles. The summed E-state index contributed by atoms with van der Waals surface area (Å²) in [5.41, 5.74) is 7.41. The summed E-state index contributed by atoms with van der Waals surface area (Å²) in [6.45, 7) is 3.77. The number of carbonyl (C=O) groups excluding carboxylic acids is 1. The van der Waals surface area contributed by atoms with Gasteiger partial charge in [0.05, 0.1) is 12.7 Å². The Labute approximate surface area is 126 Å². The van der Waals surface area contributed by atoms with Gasteiger partial charge in [-0.05, 0) is 43.2 Å². The van der Waals surface area contributed by atoms with Crippen LogP contribution in [-0.4, -0.2) is 24.3 Å². The number of phenolic OH excluding ortho intramolecular Hbond substituents is 1. The van der Waals surface area contributed by atoms with E-state index in [0.717, 1.165) is 10.4 Å². The van der Waals surface area contributed by atoms with E-state index in [9.17, 15) is 9.90 Å². The van der Waals surface area contributed by atoms with Crippen molar-refractivity contribution in [3.05, 3.63) is 39.8 Å². The van der Waals surface area contributed by atoms with E-state index in [1.165, 1.54) is 18.4 Å². The highest BCUT2D eigenvalue weighted by molar-refractivity contribution is 7.16. The third kappa shape index (κ3) is 3.05. The fraction of sp³-hybridized carbons (Fsp3) is 0.200. The Morgan fingerprint density at radius 1 is 1.43 bits per heavy atom. The van der Waals surface area contributed by atoms with Crippen LogP contribution in [0.25, 0.3) is 0 Å². The minimum atomic E-state index is -0.485. The molecule has 110 valence electrons. The summed E-state index contributed by atoms with van der Waals surface area (Å²) in [6.07, 6.45) is 1.58. The number of carbonyl (C=O) groups is 1. The van der Waals surface area contributed by atoms with E-state index in [4.69, 9.17) is 10.5 Å². The molecule has 3 N–H and O–H groups in total. The zero-order valence-corrected chi connectivity index (χ0v) is 12.8. The van der Waals surface area contributed by atoms with Crippen LogP contribution in [0, 0.1) is 13.8 Å². The summed E-state index contributed by atoms with van der Waals surface area (Å²) < 4.78 is 4.98. The molecule has 2 aromatic rings. The van der Waals surface area contributed by atoms with Crippen LogP contribution in [0.3, 0.4) is 0 Å². The van der Waals surface area contributed by atoms with Gasteiger partial charge < -0.3 is 15.6 Å². The standard InChI is InChI=1S/C15H16N2O3S/c1-8-9(2)21-15(13(8)14(16)19)17-7-10-4-5-12(20-3)11(18)6-10/h4-7,18H,1-3H3,(H2,16,19)/b17-7+. The van der Waals surface area contributed by atoms with E-state index in [0.29, 0.717) is 21.9 Å². The molecule has 0 unspecified atom stereocenters. The molecule has 0 radical (unpaired) electrons. The average Bonchev–Trinajstić information content (AvgIpc) is 2.72. The molecule has 0 aliphatic rings. The first-order valence-electron chi connectivity index (χ1n) is 6.25. The summed E-state index contributed by atoms with van der Waals surface area (Å²) >= 11 is 1.41. The molecular formula is C15H16N2O3S. The normalized spacial score (nSPS) is 11.0. The van der Waals surface area contributed by atoms with E-state index in [2.05, 4.69) is 4.99 Å². The van der Waals surface area contributed by atoms with Crippen molar-refractivity contribution in [2.24, 2.45) is 10.7 Å². The van der Waals surface area contributed by atoms with Crippen LogP contribution < -0.4 is 10.5 Å². The van der Waals surface area contributed by atoms with E-state index >= 15 is 0 Å². The second kappa shape index (κ2) is 5.97. The van der Waals surface area contributed by atoms with Crippen molar-refractivity contribution >= 4 is 28.5 Å². The largest absolute Gasteiger partial charge is 0.504 e. The number of ether oxygens (including phenoxy) is 1. The van der Waals surface area contributed by atoms with Crippen molar-refractivity contribution in [2.45, 2.75) is 13.8 Å². The van der Waals surface area contributed by atoms with Crippen LogP contribution >= 0.6 is 11.3 Å². The average molecular weight is 304 g/mol. The summed E-state index contributed by atoms with van der Waals surface area (Å²) in [5.74, 6) is -0.0514. The number of methoxy groups -OCH3 is 1. The highest BCUT2D eigenvalue weighted by atomic mass is 32.1. The van der Waals surface area contributed by atoms with Gasteiger partial charge in [0.25, 0.3) is 5.91 Å². The summed E-state index contributed by atoms with van der Waals surface area (Å²) in [7, 11) is 1.49. The Hall–Kier alpha value is -2.34. The van der Waals surface area contributed by atoms with E-state index < -0.39 is 5.91 Å². The number of benzene rings is 1. The molecular weight excluding hydrogens is 288 g/mol.